The van der Waals surface area contributed by atoms with Crippen LogP contribution < -0.4 is 5.56 Å². The number of nitrogens with one attached hydrogen (secondary N) is 1. The molecule has 0 amide bonds. The third-order valence-electron chi connectivity index (χ3n) is 3.14. The third-order valence-corrected chi connectivity index (χ3v) is 3.39. The van der Waals surface area contributed by atoms with E-state index in [2.05, 4.69) is 10.1 Å². The number of aryl methyl sites for hydroxylation is 1. The van der Waals surface area contributed by atoms with E-state index in [0.29, 0.717) is 22.7 Å². The number of aromatic amines is 1. The van der Waals surface area contributed by atoms with Gasteiger partial charge in [0.2, 0.25) is 0 Å². The van der Waals surface area contributed by atoms with Gasteiger partial charge in [0.25, 0.3) is 5.56 Å². The number of rotatable bonds is 2. The maximum atomic E-state index is 12.3. The van der Waals surface area contributed by atoms with Crippen LogP contribution in [0, 0.1) is 6.92 Å². The summed E-state index contributed by atoms with van der Waals surface area (Å²) in [5, 5.41) is 3.56. The predicted molar refractivity (Wildman–Crippen MR) is 74.8 cm³/mol. The van der Waals surface area contributed by atoms with Crippen LogP contribution in [0.25, 0.3) is 5.65 Å². The van der Waals surface area contributed by atoms with E-state index in [-0.39, 0.29) is 5.56 Å². The number of H-pyrrole nitrogens is 1. The first-order chi connectivity index (χ1) is 9.15. The topological polar surface area (TPSA) is 50.2 Å². The van der Waals surface area contributed by atoms with Gasteiger partial charge in [-0.25, -0.2) is 9.50 Å². The quantitative estimate of drug-likeness (QED) is 0.780. The van der Waals surface area contributed by atoms with Gasteiger partial charge in [-0.2, -0.15) is 0 Å². The van der Waals surface area contributed by atoms with Gasteiger partial charge in [-0.05, 0) is 24.6 Å². The number of nitrogens with zero attached hydrogens (tertiary/aromatic N) is 2. The number of hydrogen-bond acceptors (Lipinski definition) is 2. The zero-order valence-electron chi connectivity index (χ0n) is 10.4. The zero-order chi connectivity index (χ0) is 13.4. The molecule has 1 N–H and O–H groups in total. The van der Waals surface area contributed by atoms with Crippen molar-refractivity contribution in [3.05, 3.63) is 68.7 Å². The first-order valence-corrected chi connectivity index (χ1v) is 6.33. The largest absolute Gasteiger partial charge is 0.297 e. The lowest BCUT2D eigenvalue weighted by atomic mass is 10.1. The van der Waals surface area contributed by atoms with E-state index in [0.717, 1.165) is 11.3 Å². The number of hydrogen-bond donors (Lipinski definition) is 1. The second-order valence-corrected chi connectivity index (χ2v) is 4.88. The molecule has 0 spiro atoms. The summed E-state index contributed by atoms with van der Waals surface area (Å²) < 4.78 is 1.46. The molecule has 0 saturated heterocycles. The number of halogens is 1. The van der Waals surface area contributed by atoms with Gasteiger partial charge in [-0.1, -0.05) is 23.7 Å². The molecule has 2 aromatic heterocycles. The Labute approximate surface area is 114 Å². The Hall–Kier alpha value is -2.07. The van der Waals surface area contributed by atoms with Crippen molar-refractivity contribution in [1.29, 1.82) is 0 Å². The Bertz CT molecular complexity index is 787. The van der Waals surface area contributed by atoms with E-state index in [1.807, 2.05) is 31.2 Å². The monoisotopic (exact) mass is 273 g/mol. The molecule has 0 aliphatic carbocycles. The lowest BCUT2D eigenvalue weighted by molar-refractivity contribution is 0.859. The van der Waals surface area contributed by atoms with Gasteiger partial charge < -0.3 is 0 Å². The Morgan fingerprint density at radius 2 is 2.00 bits per heavy atom. The molecule has 0 atom stereocenters. The summed E-state index contributed by atoms with van der Waals surface area (Å²) in [6.45, 7) is 1.86. The van der Waals surface area contributed by atoms with E-state index < -0.39 is 0 Å². The van der Waals surface area contributed by atoms with Crippen molar-refractivity contribution in [3.8, 4) is 0 Å². The first kappa shape index (κ1) is 12.0. The molecule has 0 aliphatic rings. The molecule has 0 unspecified atom stereocenters. The maximum absolute atomic E-state index is 12.3. The fraction of sp³-hybridized carbons (Fsp3) is 0.143. The fourth-order valence-corrected chi connectivity index (χ4v) is 2.24. The van der Waals surface area contributed by atoms with Crippen molar-refractivity contribution in [2.24, 2.45) is 0 Å². The van der Waals surface area contributed by atoms with Crippen molar-refractivity contribution in [1.82, 2.24) is 14.6 Å². The van der Waals surface area contributed by atoms with Crippen LogP contribution in [0.3, 0.4) is 0 Å². The normalized spacial score (nSPS) is 11.1. The minimum absolute atomic E-state index is 0.0533. The molecule has 2 heterocycles. The minimum atomic E-state index is -0.0533. The van der Waals surface area contributed by atoms with Gasteiger partial charge in [0.05, 0.1) is 0 Å². The molecule has 0 aliphatic heterocycles. The maximum Gasteiger partial charge on any atom is 0.276 e. The van der Waals surface area contributed by atoms with Crippen LogP contribution in [0.2, 0.25) is 5.02 Å². The first-order valence-electron chi connectivity index (χ1n) is 5.95. The summed E-state index contributed by atoms with van der Waals surface area (Å²) in [5.74, 6) is 0. The summed E-state index contributed by atoms with van der Waals surface area (Å²) in [4.78, 5) is 16.8. The van der Waals surface area contributed by atoms with Gasteiger partial charge in [-0.15, -0.1) is 0 Å². The average molecular weight is 274 g/mol. The van der Waals surface area contributed by atoms with Crippen LogP contribution in [0.15, 0.2) is 41.3 Å². The molecule has 4 nitrogen and oxygen atoms in total. The fourth-order valence-electron chi connectivity index (χ4n) is 2.12. The Kier molecular flexibility index (Phi) is 2.87. The van der Waals surface area contributed by atoms with Crippen molar-refractivity contribution in [3.63, 3.8) is 0 Å². The SMILES string of the molecule is Cc1nc2cc[nH]n2c(=O)c1Cc1ccc(Cl)cc1. The van der Waals surface area contributed by atoms with E-state index in [1.54, 1.807) is 12.3 Å². The van der Waals surface area contributed by atoms with Gasteiger partial charge in [0, 0.05) is 35.0 Å². The number of fused-ring (bicyclic) bond motifs is 1. The van der Waals surface area contributed by atoms with Crippen molar-refractivity contribution in [2.75, 3.05) is 0 Å². The molecule has 3 rings (SSSR count). The lowest BCUT2D eigenvalue weighted by Gasteiger charge is -2.05. The molecular weight excluding hydrogens is 262 g/mol. The van der Waals surface area contributed by atoms with Crippen LogP contribution >= 0.6 is 11.6 Å². The van der Waals surface area contributed by atoms with Crippen LogP contribution in [-0.2, 0) is 6.42 Å². The van der Waals surface area contributed by atoms with E-state index >= 15 is 0 Å². The van der Waals surface area contributed by atoms with Gasteiger partial charge in [-0.3, -0.25) is 9.89 Å². The van der Waals surface area contributed by atoms with Crippen LogP contribution in [0.1, 0.15) is 16.8 Å². The predicted octanol–water partition coefficient (Wildman–Crippen LogP) is 2.58. The van der Waals surface area contributed by atoms with Crippen LogP contribution in [0.5, 0.6) is 0 Å². The Balaban J connectivity index is 2.09. The van der Waals surface area contributed by atoms with E-state index in [9.17, 15) is 4.79 Å². The van der Waals surface area contributed by atoms with E-state index in [1.165, 1.54) is 4.52 Å². The van der Waals surface area contributed by atoms with Gasteiger partial charge in [0.1, 0.15) is 0 Å². The summed E-state index contributed by atoms with van der Waals surface area (Å²) in [5.41, 5.74) is 3.09. The average Bonchev–Trinajstić information content (AvgIpc) is 2.85. The summed E-state index contributed by atoms with van der Waals surface area (Å²) in [6, 6.07) is 9.27. The standard InChI is InChI=1S/C14H12ClN3O/c1-9-12(8-10-2-4-11(15)5-3-10)14(19)18-13(17-9)6-7-16-18/h2-7,16H,8H2,1H3. The summed E-state index contributed by atoms with van der Waals surface area (Å²) in [7, 11) is 0. The van der Waals surface area contributed by atoms with Crippen molar-refractivity contribution >= 4 is 17.2 Å². The summed E-state index contributed by atoms with van der Waals surface area (Å²) >= 11 is 5.86. The van der Waals surface area contributed by atoms with Gasteiger partial charge in [0.15, 0.2) is 5.65 Å². The second-order valence-electron chi connectivity index (χ2n) is 4.44. The zero-order valence-corrected chi connectivity index (χ0v) is 11.1. The molecule has 5 heteroatoms. The number of aromatic nitrogens is 3. The third kappa shape index (κ3) is 2.15. The highest BCUT2D eigenvalue weighted by atomic mass is 35.5. The molecule has 1 aromatic carbocycles. The van der Waals surface area contributed by atoms with E-state index in [4.69, 9.17) is 11.6 Å². The van der Waals surface area contributed by atoms with Crippen molar-refractivity contribution < 1.29 is 0 Å². The molecule has 0 saturated carbocycles. The highest BCUT2D eigenvalue weighted by Crippen LogP contribution is 2.13. The number of benzene rings is 1. The highest BCUT2D eigenvalue weighted by molar-refractivity contribution is 6.30. The Morgan fingerprint density at radius 1 is 1.26 bits per heavy atom. The molecule has 0 radical (unpaired) electrons. The van der Waals surface area contributed by atoms with Gasteiger partial charge >= 0.3 is 0 Å². The molecular formula is C14H12ClN3O. The molecule has 0 bridgehead atoms. The summed E-state index contributed by atoms with van der Waals surface area (Å²) in [6.07, 6.45) is 2.26. The Morgan fingerprint density at radius 3 is 2.74 bits per heavy atom. The van der Waals surface area contributed by atoms with Crippen molar-refractivity contribution in [2.45, 2.75) is 13.3 Å². The van der Waals surface area contributed by atoms with Crippen LogP contribution in [0.4, 0.5) is 0 Å². The minimum Gasteiger partial charge on any atom is -0.297 e. The highest BCUT2D eigenvalue weighted by Gasteiger charge is 2.10. The molecule has 3 aromatic rings. The molecule has 96 valence electrons. The molecule has 0 fully saturated rings. The second kappa shape index (κ2) is 4.55. The van der Waals surface area contributed by atoms with Crippen LogP contribution in [-0.4, -0.2) is 14.6 Å². The smallest absolute Gasteiger partial charge is 0.276 e. The lowest BCUT2D eigenvalue weighted by Crippen LogP contribution is -2.21. The molecule has 19 heavy (non-hydrogen) atoms.